The van der Waals surface area contributed by atoms with Crippen molar-refractivity contribution in [3.05, 3.63) is 42.4 Å². The first-order chi connectivity index (χ1) is 5.72. The summed E-state index contributed by atoms with van der Waals surface area (Å²) in [6.07, 6.45) is 0. The highest BCUT2D eigenvalue weighted by Crippen LogP contribution is 2.02. The van der Waals surface area contributed by atoms with Crippen LogP contribution in [0.3, 0.4) is 0 Å². The van der Waals surface area contributed by atoms with E-state index in [2.05, 4.69) is 19.2 Å². The average molecular weight is 164 g/mol. The highest BCUT2D eigenvalue weighted by molar-refractivity contribution is 5.22. The first-order valence-electron chi connectivity index (χ1n) is 4.14. The summed E-state index contributed by atoms with van der Waals surface area (Å²) < 4.78 is 0. The first-order valence-corrected chi connectivity index (χ1v) is 4.14. The van der Waals surface area contributed by atoms with E-state index in [9.17, 15) is 0 Å². The molecule has 1 rings (SSSR count). The summed E-state index contributed by atoms with van der Waals surface area (Å²) in [5.41, 5.74) is 8.01. The van der Waals surface area contributed by atoms with Gasteiger partial charge in [0.05, 0.1) is 6.54 Å². The van der Waals surface area contributed by atoms with E-state index in [0.29, 0.717) is 6.54 Å². The van der Waals surface area contributed by atoms with Gasteiger partial charge in [0.25, 0.3) is 0 Å². The third kappa shape index (κ3) is 2.64. The maximum atomic E-state index is 5.53. The number of nitrogens with two attached hydrogens (primary N) is 1. The second-order valence-corrected chi connectivity index (χ2v) is 3.16. The Morgan fingerprint density at radius 2 is 2.08 bits per heavy atom. The third-order valence-electron chi connectivity index (χ3n) is 1.73. The third-order valence-corrected chi connectivity index (χ3v) is 1.73. The molecule has 0 radical (unpaired) electrons. The van der Waals surface area contributed by atoms with Gasteiger partial charge in [-0.05, 0) is 11.6 Å². The molecule has 0 fully saturated rings. The molecule has 0 heterocycles. The van der Waals surface area contributed by atoms with Gasteiger partial charge in [-0.2, -0.15) is 7.05 Å². The minimum Gasteiger partial charge on any atom is -0.467 e. The summed E-state index contributed by atoms with van der Waals surface area (Å²) in [7, 11) is 5.91. The molecule has 0 amide bonds. The van der Waals surface area contributed by atoms with Crippen LogP contribution in [0.4, 0.5) is 0 Å². The zero-order valence-corrected chi connectivity index (χ0v) is 7.51. The van der Waals surface area contributed by atoms with E-state index >= 15 is 0 Å². The van der Waals surface area contributed by atoms with Crippen LogP contribution in [-0.2, 0) is 13.1 Å². The Hall–Kier alpha value is -0.860. The molecule has 1 aromatic carbocycles. The summed E-state index contributed by atoms with van der Waals surface area (Å²) in [6, 6.07) is 8.32. The van der Waals surface area contributed by atoms with Crippen molar-refractivity contribution in [1.82, 2.24) is 0 Å². The molecule has 0 aliphatic heterocycles. The van der Waals surface area contributed by atoms with Crippen molar-refractivity contribution in [2.24, 2.45) is 5.73 Å². The van der Waals surface area contributed by atoms with Gasteiger partial charge in [-0.3, -0.25) is 0 Å². The van der Waals surface area contributed by atoms with Crippen molar-refractivity contribution in [2.45, 2.75) is 13.1 Å². The number of rotatable bonds is 3. The van der Waals surface area contributed by atoms with Gasteiger partial charge in [0, 0.05) is 19.2 Å². The number of benzene rings is 1. The highest BCUT2D eigenvalue weighted by Gasteiger charge is 1.95. The molecule has 0 spiro atoms. The normalized spacial score (nSPS) is 12.9. The minimum atomic E-state index is 0.615. The Kier molecular flexibility index (Phi) is 3.26. The number of nitrogens with one attached hydrogen (secondary N) is 1. The van der Waals surface area contributed by atoms with Gasteiger partial charge in [-0.25, -0.2) is 0 Å². The molecule has 2 nitrogen and oxygen atoms in total. The summed E-state index contributed by atoms with van der Waals surface area (Å²) in [6.45, 7) is 1.57. The van der Waals surface area contributed by atoms with E-state index in [1.54, 1.807) is 0 Å². The molecule has 0 aliphatic rings. The van der Waals surface area contributed by atoms with Crippen LogP contribution in [0.2, 0.25) is 0 Å². The Morgan fingerprint density at radius 1 is 1.42 bits per heavy atom. The smallest absolute Gasteiger partial charge is 0.0785 e. The second kappa shape index (κ2) is 4.24. The quantitative estimate of drug-likeness (QED) is 0.603. The summed E-state index contributed by atoms with van der Waals surface area (Å²) >= 11 is 0. The van der Waals surface area contributed by atoms with Gasteiger partial charge >= 0.3 is 0 Å². The van der Waals surface area contributed by atoms with Crippen LogP contribution in [0.1, 0.15) is 11.1 Å². The number of hydrogen-bond acceptors (Lipinski definition) is 1. The lowest BCUT2D eigenvalue weighted by atomic mass is 10.1. The lowest BCUT2D eigenvalue weighted by Crippen LogP contribution is -3.01. The maximum Gasteiger partial charge on any atom is 0.0785 e. The predicted molar refractivity (Wildman–Crippen MR) is 50.3 cm³/mol. The average Bonchev–Trinajstić information content (AvgIpc) is 2.03. The Bertz CT molecular complexity index is 243. The number of quaternary nitrogens is 1. The van der Waals surface area contributed by atoms with Crippen LogP contribution in [0.5, 0.6) is 0 Å². The van der Waals surface area contributed by atoms with Gasteiger partial charge in [0.2, 0.25) is 0 Å². The van der Waals surface area contributed by atoms with Crippen LogP contribution < -0.4 is 10.6 Å². The molecule has 0 aliphatic carbocycles. The van der Waals surface area contributed by atoms with E-state index in [0.717, 1.165) is 6.54 Å². The summed E-state index contributed by atoms with van der Waals surface area (Å²) in [5, 5.41) is 0. The standard InChI is InChI=1S/C10H16N2/c1-12(2)8-10-5-3-4-9(6-10)7-11/h3-6,12H,1,7-8,11H2,2H3. The fraction of sp³-hybridized carbons (Fsp3) is 0.300. The summed E-state index contributed by atoms with van der Waals surface area (Å²) in [4.78, 5) is 1.18. The molecule has 0 aromatic heterocycles. The first kappa shape index (κ1) is 9.23. The van der Waals surface area contributed by atoms with Crippen LogP contribution in [0, 0.1) is 7.05 Å². The highest BCUT2D eigenvalue weighted by atomic mass is 15.0. The van der Waals surface area contributed by atoms with Crippen molar-refractivity contribution < 1.29 is 4.90 Å². The zero-order chi connectivity index (χ0) is 8.97. The van der Waals surface area contributed by atoms with Crippen molar-refractivity contribution in [2.75, 3.05) is 7.05 Å². The van der Waals surface area contributed by atoms with Crippen molar-refractivity contribution >= 4 is 0 Å². The van der Waals surface area contributed by atoms with Crippen LogP contribution in [-0.4, -0.2) is 7.05 Å². The molecule has 1 aromatic rings. The van der Waals surface area contributed by atoms with Crippen molar-refractivity contribution in [3.8, 4) is 0 Å². The molecular weight excluding hydrogens is 148 g/mol. The van der Waals surface area contributed by atoms with Gasteiger partial charge in [0.1, 0.15) is 0 Å². The Labute approximate surface area is 74.0 Å². The SMILES string of the molecule is [CH2-][NH+](C)Cc1cccc(CN)c1. The molecule has 0 saturated heterocycles. The molecule has 0 bridgehead atoms. The Balaban J connectivity index is 2.72. The lowest BCUT2D eigenvalue weighted by Gasteiger charge is -2.14. The van der Waals surface area contributed by atoms with E-state index in [4.69, 9.17) is 5.73 Å². The van der Waals surface area contributed by atoms with Gasteiger partial charge in [-0.15, -0.1) is 0 Å². The van der Waals surface area contributed by atoms with Crippen molar-refractivity contribution in [3.63, 3.8) is 0 Å². The number of hydrogen-bond donors (Lipinski definition) is 2. The van der Waals surface area contributed by atoms with E-state index in [1.165, 1.54) is 16.0 Å². The predicted octanol–water partition coefficient (Wildman–Crippen LogP) is -0.0484. The van der Waals surface area contributed by atoms with Gasteiger partial charge < -0.3 is 10.6 Å². The fourth-order valence-electron chi connectivity index (χ4n) is 1.22. The fourth-order valence-corrected chi connectivity index (χ4v) is 1.22. The molecule has 1 unspecified atom stereocenters. The molecule has 66 valence electrons. The molecule has 3 N–H and O–H groups in total. The van der Waals surface area contributed by atoms with E-state index in [1.807, 2.05) is 19.2 Å². The molecule has 12 heavy (non-hydrogen) atoms. The molecule has 2 heteroatoms. The van der Waals surface area contributed by atoms with Crippen LogP contribution in [0.25, 0.3) is 0 Å². The van der Waals surface area contributed by atoms with E-state index in [-0.39, 0.29) is 0 Å². The van der Waals surface area contributed by atoms with Gasteiger partial charge in [-0.1, -0.05) is 18.2 Å². The molecule has 0 saturated carbocycles. The second-order valence-electron chi connectivity index (χ2n) is 3.16. The lowest BCUT2D eigenvalue weighted by molar-refractivity contribution is -0.846. The summed E-state index contributed by atoms with van der Waals surface area (Å²) in [5.74, 6) is 0. The topological polar surface area (TPSA) is 30.5 Å². The zero-order valence-electron chi connectivity index (χ0n) is 7.51. The van der Waals surface area contributed by atoms with Crippen LogP contribution in [0.15, 0.2) is 24.3 Å². The molecule has 1 atom stereocenters. The largest absolute Gasteiger partial charge is 0.467 e. The maximum absolute atomic E-state index is 5.53. The Morgan fingerprint density at radius 3 is 2.67 bits per heavy atom. The molecular formula is C10H16N2. The van der Waals surface area contributed by atoms with Crippen LogP contribution >= 0.6 is 0 Å². The van der Waals surface area contributed by atoms with Gasteiger partial charge in [0.15, 0.2) is 0 Å². The minimum absolute atomic E-state index is 0.615. The monoisotopic (exact) mass is 164 g/mol. The van der Waals surface area contributed by atoms with Crippen molar-refractivity contribution in [1.29, 1.82) is 0 Å². The van der Waals surface area contributed by atoms with E-state index < -0.39 is 0 Å².